The van der Waals surface area contributed by atoms with Gasteiger partial charge in [-0.2, -0.15) is 0 Å². The van der Waals surface area contributed by atoms with Gasteiger partial charge in [-0.1, -0.05) is 12.1 Å². The fourth-order valence-electron chi connectivity index (χ4n) is 2.42. The maximum atomic E-state index is 12.5. The number of amides is 2. The summed E-state index contributed by atoms with van der Waals surface area (Å²) in [5, 5.41) is 2.97. The zero-order chi connectivity index (χ0) is 15.2. The van der Waals surface area contributed by atoms with E-state index in [0.29, 0.717) is 25.4 Å². The SMILES string of the molecule is O=C(CCCl)NC1CCN(C(=O)c2ccccc2I)CC1. The van der Waals surface area contributed by atoms with E-state index in [1.54, 1.807) is 0 Å². The van der Waals surface area contributed by atoms with Crippen LogP contribution in [0.4, 0.5) is 0 Å². The highest BCUT2D eigenvalue weighted by molar-refractivity contribution is 14.1. The second-order valence-corrected chi connectivity index (χ2v) is 6.59. The van der Waals surface area contributed by atoms with Crippen molar-refractivity contribution in [3.05, 3.63) is 33.4 Å². The average Bonchev–Trinajstić information content (AvgIpc) is 2.48. The number of benzene rings is 1. The summed E-state index contributed by atoms with van der Waals surface area (Å²) >= 11 is 7.73. The Morgan fingerprint density at radius 3 is 2.57 bits per heavy atom. The highest BCUT2D eigenvalue weighted by Gasteiger charge is 2.25. The standard InChI is InChI=1S/C15H18ClIN2O2/c16-8-5-14(20)18-11-6-9-19(10-7-11)15(21)12-3-1-2-4-13(12)17/h1-4,11H,5-10H2,(H,18,20). The molecule has 0 aromatic heterocycles. The molecule has 0 atom stereocenters. The molecule has 0 aliphatic carbocycles. The quantitative estimate of drug-likeness (QED) is 0.601. The third-order valence-electron chi connectivity index (χ3n) is 3.57. The lowest BCUT2D eigenvalue weighted by atomic mass is 10.0. The molecule has 2 amide bonds. The molecule has 114 valence electrons. The minimum atomic E-state index is -0.00705. The maximum Gasteiger partial charge on any atom is 0.254 e. The van der Waals surface area contributed by atoms with Gasteiger partial charge < -0.3 is 10.2 Å². The van der Waals surface area contributed by atoms with E-state index in [9.17, 15) is 9.59 Å². The van der Waals surface area contributed by atoms with Gasteiger partial charge in [0.2, 0.25) is 5.91 Å². The predicted octanol–water partition coefficient (Wildman–Crippen LogP) is 2.64. The van der Waals surface area contributed by atoms with E-state index >= 15 is 0 Å². The number of hydrogen-bond donors (Lipinski definition) is 1. The van der Waals surface area contributed by atoms with Crippen LogP contribution in [0.3, 0.4) is 0 Å². The van der Waals surface area contributed by atoms with Gasteiger partial charge in [-0.05, 0) is 47.6 Å². The number of carbonyl (C=O) groups excluding carboxylic acids is 2. The smallest absolute Gasteiger partial charge is 0.254 e. The molecule has 0 spiro atoms. The number of halogens is 2. The molecular weight excluding hydrogens is 403 g/mol. The van der Waals surface area contributed by atoms with Gasteiger partial charge in [-0.3, -0.25) is 9.59 Å². The fourth-order valence-corrected chi connectivity index (χ4v) is 3.21. The van der Waals surface area contributed by atoms with Crippen LogP contribution < -0.4 is 5.32 Å². The first kappa shape index (κ1) is 16.5. The molecule has 4 nitrogen and oxygen atoms in total. The summed E-state index contributed by atoms with van der Waals surface area (Å²) in [6, 6.07) is 7.76. The minimum Gasteiger partial charge on any atom is -0.353 e. The number of alkyl halides is 1. The predicted molar refractivity (Wildman–Crippen MR) is 91.6 cm³/mol. The van der Waals surface area contributed by atoms with Crippen molar-refractivity contribution < 1.29 is 9.59 Å². The summed E-state index contributed by atoms with van der Waals surface area (Å²) in [7, 11) is 0. The van der Waals surface area contributed by atoms with Crippen LogP contribution in [-0.4, -0.2) is 41.7 Å². The molecule has 2 rings (SSSR count). The second-order valence-electron chi connectivity index (χ2n) is 5.05. The van der Waals surface area contributed by atoms with E-state index in [1.807, 2.05) is 29.2 Å². The lowest BCUT2D eigenvalue weighted by Crippen LogP contribution is -2.46. The van der Waals surface area contributed by atoms with E-state index in [1.165, 1.54) is 0 Å². The first-order chi connectivity index (χ1) is 10.1. The lowest BCUT2D eigenvalue weighted by molar-refractivity contribution is -0.121. The highest BCUT2D eigenvalue weighted by atomic mass is 127. The first-order valence-corrected chi connectivity index (χ1v) is 8.62. The number of likely N-dealkylation sites (tertiary alicyclic amines) is 1. The Morgan fingerprint density at radius 2 is 1.95 bits per heavy atom. The number of carbonyl (C=O) groups is 2. The topological polar surface area (TPSA) is 49.4 Å². The highest BCUT2D eigenvalue weighted by Crippen LogP contribution is 2.18. The fraction of sp³-hybridized carbons (Fsp3) is 0.467. The van der Waals surface area contributed by atoms with Crippen LogP contribution in [0, 0.1) is 3.57 Å². The first-order valence-electron chi connectivity index (χ1n) is 7.01. The van der Waals surface area contributed by atoms with Gasteiger partial charge in [0, 0.05) is 35.0 Å². The van der Waals surface area contributed by atoms with Crippen LogP contribution in [0.25, 0.3) is 0 Å². The maximum absolute atomic E-state index is 12.5. The van der Waals surface area contributed by atoms with Crippen molar-refractivity contribution in [2.75, 3.05) is 19.0 Å². The molecule has 1 aliphatic rings. The summed E-state index contributed by atoms with van der Waals surface area (Å²) in [4.78, 5) is 25.8. The number of hydrogen-bond acceptors (Lipinski definition) is 2. The zero-order valence-electron chi connectivity index (χ0n) is 11.6. The second kappa shape index (κ2) is 7.98. The van der Waals surface area contributed by atoms with Crippen molar-refractivity contribution in [3.8, 4) is 0 Å². The van der Waals surface area contributed by atoms with Crippen LogP contribution in [-0.2, 0) is 4.79 Å². The van der Waals surface area contributed by atoms with Crippen molar-refractivity contribution in [2.45, 2.75) is 25.3 Å². The largest absolute Gasteiger partial charge is 0.353 e. The molecule has 0 bridgehead atoms. The van der Waals surface area contributed by atoms with Gasteiger partial charge in [0.1, 0.15) is 0 Å². The van der Waals surface area contributed by atoms with Crippen LogP contribution in [0.1, 0.15) is 29.6 Å². The van der Waals surface area contributed by atoms with E-state index in [0.717, 1.165) is 22.0 Å². The summed E-state index contributed by atoms with van der Waals surface area (Å²) in [5.74, 6) is 0.410. The number of nitrogens with one attached hydrogen (secondary N) is 1. The van der Waals surface area contributed by atoms with Crippen molar-refractivity contribution in [2.24, 2.45) is 0 Å². The number of nitrogens with zero attached hydrogens (tertiary/aromatic N) is 1. The van der Waals surface area contributed by atoms with Crippen molar-refractivity contribution in [1.82, 2.24) is 10.2 Å². The van der Waals surface area contributed by atoms with Gasteiger partial charge in [0.25, 0.3) is 5.91 Å². The van der Waals surface area contributed by atoms with Crippen LogP contribution in [0.2, 0.25) is 0 Å². The van der Waals surface area contributed by atoms with E-state index in [2.05, 4.69) is 27.9 Å². The Balaban J connectivity index is 1.88. The van der Waals surface area contributed by atoms with Gasteiger partial charge in [0.15, 0.2) is 0 Å². The number of piperidine rings is 1. The summed E-state index contributed by atoms with van der Waals surface area (Å²) in [6.45, 7) is 1.35. The molecule has 1 N–H and O–H groups in total. The molecule has 1 aliphatic heterocycles. The van der Waals surface area contributed by atoms with Crippen LogP contribution in [0.5, 0.6) is 0 Å². The van der Waals surface area contributed by atoms with Crippen molar-refractivity contribution in [1.29, 1.82) is 0 Å². The normalized spacial score (nSPS) is 15.8. The third-order valence-corrected chi connectivity index (χ3v) is 4.70. The monoisotopic (exact) mass is 420 g/mol. The molecule has 1 saturated heterocycles. The molecule has 1 aromatic rings. The molecule has 6 heteroatoms. The van der Waals surface area contributed by atoms with Gasteiger partial charge >= 0.3 is 0 Å². The molecule has 21 heavy (non-hydrogen) atoms. The molecular formula is C15H18ClIN2O2. The Kier molecular flexibility index (Phi) is 6.29. The number of rotatable bonds is 4. The average molecular weight is 421 g/mol. The van der Waals surface area contributed by atoms with E-state index in [4.69, 9.17) is 11.6 Å². The zero-order valence-corrected chi connectivity index (χ0v) is 14.6. The van der Waals surface area contributed by atoms with E-state index in [-0.39, 0.29) is 17.9 Å². The molecule has 0 saturated carbocycles. The Hall–Kier alpha value is -0.820. The van der Waals surface area contributed by atoms with Crippen molar-refractivity contribution in [3.63, 3.8) is 0 Å². The molecule has 0 radical (unpaired) electrons. The third kappa shape index (κ3) is 4.57. The summed E-state index contributed by atoms with van der Waals surface area (Å²) < 4.78 is 0.970. The van der Waals surface area contributed by atoms with Gasteiger partial charge in [-0.15, -0.1) is 11.6 Å². The Bertz CT molecular complexity index is 516. The molecule has 1 aromatic carbocycles. The van der Waals surface area contributed by atoms with Crippen molar-refractivity contribution >= 4 is 46.0 Å². The Labute approximate surface area is 143 Å². The minimum absolute atomic E-state index is 0.00705. The van der Waals surface area contributed by atoms with Crippen LogP contribution in [0.15, 0.2) is 24.3 Å². The lowest BCUT2D eigenvalue weighted by Gasteiger charge is -2.32. The molecule has 1 heterocycles. The van der Waals surface area contributed by atoms with Gasteiger partial charge in [0.05, 0.1) is 5.56 Å². The van der Waals surface area contributed by atoms with Gasteiger partial charge in [-0.25, -0.2) is 0 Å². The molecule has 0 unspecified atom stereocenters. The molecule has 1 fully saturated rings. The Morgan fingerprint density at radius 1 is 1.29 bits per heavy atom. The van der Waals surface area contributed by atoms with E-state index < -0.39 is 0 Å². The summed E-state index contributed by atoms with van der Waals surface area (Å²) in [5.41, 5.74) is 0.753. The van der Waals surface area contributed by atoms with Crippen LogP contribution >= 0.6 is 34.2 Å². The summed E-state index contributed by atoms with van der Waals surface area (Å²) in [6.07, 6.45) is 1.94.